The fraction of sp³-hybridized carbons (Fsp3) is 0.333. The molecule has 0 aliphatic heterocycles. The van der Waals surface area contributed by atoms with E-state index in [1.807, 2.05) is 37.3 Å². The largest absolute Gasteiger partial charge is 0.496 e. The second-order valence-electron chi connectivity index (χ2n) is 6.16. The number of methoxy groups -OCH3 is 1. The number of rotatable bonds is 8. The molecule has 0 heterocycles. The smallest absolute Gasteiger partial charge is 0.271 e. The molecule has 26 heavy (non-hydrogen) atoms. The average Bonchev–Trinajstić information content (AvgIpc) is 2.70. The van der Waals surface area contributed by atoms with Crippen LogP contribution in [0.25, 0.3) is 0 Å². The molecule has 2 aromatic carbocycles. The van der Waals surface area contributed by atoms with Crippen molar-refractivity contribution in [3.05, 3.63) is 65.2 Å². The molecule has 1 amide bonds. The highest BCUT2D eigenvalue weighted by molar-refractivity contribution is 6.01. The number of quaternary nitrogens is 1. The highest BCUT2D eigenvalue weighted by Crippen LogP contribution is 2.19. The number of nitrogens with one attached hydrogen (secondary N) is 2. The van der Waals surface area contributed by atoms with Crippen molar-refractivity contribution >= 4 is 11.6 Å². The molecule has 5 nitrogen and oxygen atoms in total. The lowest BCUT2D eigenvalue weighted by molar-refractivity contribution is -0.910. The number of benzene rings is 2. The summed E-state index contributed by atoms with van der Waals surface area (Å²) < 4.78 is 5.50. The summed E-state index contributed by atoms with van der Waals surface area (Å²) in [6.07, 6.45) is 0. The van der Waals surface area contributed by atoms with E-state index in [2.05, 4.69) is 30.4 Å². The minimum absolute atomic E-state index is 0.216. The molecular formula is C21H28N3O2+. The normalized spacial score (nSPS) is 11.5. The van der Waals surface area contributed by atoms with Gasteiger partial charge in [-0.25, -0.2) is 5.43 Å². The van der Waals surface area contributed by atoms with Gasteiger partial charge in [0.1, 0.15) is 12.3 Å². The number of ether oxygens (including phenoxy) is 1. The standard InChI is InChI=1S/C21H27N3O2/c1-5-24(6-2)15-19-14-18(12-13-20(19)26-4)16(3)22-23-21(25)17-10-8-7-9-11-17/h7-14H,5-6,15H2,1-4H3,(H,23,25)/p+1/b22-16-. The topological polar surface area (TPSA) is 55.1 Å². The lowest BCUT2D eigenvalue weighted by atomic mass is 10.1. The van der Waals surface area contributed by atoms with Gasteiger partial charge in [0.15, 0.2) is 0 Å². The van der Waals surface area contributed by atoms with Crippen molar-refractivity contribution in [3.8, 4) is 5.75 Å². The first-order valence-corrected chi connectivity index (χ1v) is 8.99. The van der Waals surface area contributed by atoms with Crippen molar-refractivity contribution in [2.24, 2.45) is 5.10 Å². The summed E-state index contributed by atoms with van der Waals surface area (Å²) in [6, 6.07) is 15.1. The minimum atomic E-state index is -0.216. The van der Waals surface area contributed by atoms with E-state index >= 15 is 0 Å². The van der Waals surface area contributed by atoms with Gasteiger partial charge in [-0.3, -0.25) is 4.79 Å². The fourth-order valence-corrected chi connectivity index (χ4v) is 2.76. The number of nitrogens with zero attached hydrogens (tertiary/aromatic N) is 1. The Morgan fingerprint density at radius 1 is 1.08 bits per heavy atom. The minimum Gasteiger partial charge on any atom is -0.496 e. The molecule has 0 aliphatic rings. The maximum atomic E-state index is 12.1. The molecule has 0 fully saturated rings. The quantitative estimate of drug-likeness (QED) is 0.564. The summed E-state index contributed by atoms with van der Waals surface area (Å²) in [5.74, 6) is 0.667. The van der Waals surface area contributed by atoms with Gasteiger partial charge in [-0.15, -0.1) is 0 Å². The van der Waals surface area contributed by atoms with Crippen LogP contribution < -0.4 is 15.1 Å². The monoisotopic (exact) mass is 354 g/mol. The number of hydrogen-bond donors (Lipinski definition) is 2. The van der Waals surface area contributed by atoms with E-state index in [0.29, 0.717) is 5.56 Å². The van der Waals surface area contributed by atoms with Gasteiger partial charge in [-0.2, -0.15) is 5.10 Å². The fourth-order valence-electron chi connectivity index (χ4n) is 2.76. The molecular weight excluding hydrogens is 326 g/mol. The van der Waals surface area contributed by atoms with E-state index in [4.69, 9.17) is 4.74 Å². The summed E-state index contributed by atoms with van der Waals surface area (Å²) in [5, 5.41) is 4.26. The van der Waals surface area contributed by atoms with E-state index in [0.717, 1.165) is 42.2 Å². The van der Waals surface area contributed by atoms with Gasteiger partial charge in [0, 0.05) is 11.1 Å². The Morgan fingerprint density at radius 2 is 1.77 bits per heavy atom. The molecule has 0 unspecified atom stereocenters. The number of hydrazone groups is 1. The van der Waals surface area contributed by atoms with Crippen molar-refractivity contribution in [1.29, 1.82) is 0 Å². The van der Waals surface area contributed by atoms with Crippen LogP contribution in [0.1, 0.15) is 42.3 Å². The molecule has 138 valence electrons. The van der Waals surface area contributed by atoms with E-state index in [9.17, 15) is 4.79 Å². The molecule has 0 saturated heterocycles. The van der Waals surface area contributed by atoms with Crippen LogP contribution in [0.2, 0.25) is 0 Å². The molecule has 2 N–H and O–H groups in total. The molecule has 2 rings (SSSR count). The molecule has 0 radical (unpaired) electrons. The molecule has 5 heteroatoms. The van der Waals surface area contributed by atoms with Crippen LogP contribution in [0.3, 0.4) is 0 Å². The Morgan fingerprint density at radius 3 is 2.38 bits per heavy atom. The van der Waals surface area contributed by atoms with Crippen LogP contribution in [0.5, 0.6) is 5.75 Å². The third-order valence-electron chi connectivity index (χ3n) is 4.50. The average molecular weight is 354 g/mol. The highest BCUT2D eigenvalue weighted by Gasteiger charge is 2.12. The zero-order valence-corrected chi connectivity index (χ0v) is 16.0. The number of carbonyl (C=O) groups excluding carboxylic acids is 1. The van der Waals surface area contributed by atoms with E-state index < -0.39 is 0 Å². The third kappa shape index (κ3) is 5.17. The Labute approximate surface area is 155 Å². The van der Waals surface area contributed by atoms with Crippen molar-refractivity contribution in [3.63, 3.8) is 0 Å². The van der Waals surface area contributed by atoms with Gasteiger partial charge in [-0.1, -0.05) is 18.2 Å². The molecule has 0 aliphatic carbocycles. The predicted molar refractivity (Wildman–Crippen MR) is 105 cm³/mol. The number of amides is 1. The molecule has 0 bridgehead atoms. The van der Waals surface area contributed by atoms with Crippen LogP contribution in [-0.2, 0) is 6.54 Å². The number of carbonyl (C=O) groups is 1. The molecule has 0 spiro atoms. The Hall–Kier alpha value is -2.66. The Kier molecular flexibility index (Phi) is 7.36. The molecule has 0 aromatic heterocycles. The van der Waals surface area contributed by atoms with Gasteiger partial charge in [0.25, 0.3) is 5.91 Å². The molecule has 0 saturated carbocycles. The maximum Gasteiger partial charge on any atom is 0.271 e. The summed E-state index contributed by atoms with van der Waals surface area (Å²) in [7, 11) is 1.69. The second kappa shape index (κ2) is 9.73. The van der Waals surface area contributed by atoms with Gasteiger partial charge in [-0.05, 0) is 56.7 Å². The first kappa shape index (κ1) is 19.7. The maximum absolute atomic E-state index is 12.1. The van der Waals surface area contributed by atoms with Crippen molar-refractivity contribution < 1.29 is 14.4 Å². The summed E-state index contributed by atoms with van der Waals surface area (Å²) in [6.45, 7) is 9.27. The van der Waals surface area contributed by atoms with Crippen LogP contribution in [-0.4, -0.2) is 31.8 Å². The zero-order chi connectivity index (χ0) is 18.9. The Balaban J connectivity index is 2.17. The van der Waals surface area contributed by atoms with E-state index in [-0.39, 0.29) is 5.91 Å². The van der Waals surface area contributed by atoms with E-state index in [1.165, 1.54) is 4.90 Å². The van der Waals surface area contributed by atoms with Gasteiger partial charge < -0.3 is 9.64 Å². The van der Waals surface area contributed by atoms with Crippen molar-refractivity contribution in [2.45, 2.75) is 27.3 Å². The summed E-state index contributed by atoms with van der Waals surface area (Å²) >= 11 is 0. The number of hydrogen-bond acceptors (Lipinski definition) is 3. The summed E-state index contributed by atoms with van der Waals surface area (Å²) in [4.78, 5) is 13.6. The van der Waals surface area contributed by atoms with Crippen LogP contribution in [0.15, 0.2) is 53.6 Å². The first-order chi connectivity index (χ1) is 12.6. The van der Waals surface area contributed by atoms with Gasteiger partial charge >= 0.3 is 0 Å². The lowest BCUT2D eigenvalue weighted by Crippen LogP contribution is -3.10. The first-order valence-electron chi connectivity index (χ1n) is 8.99. The Bertz CT molecular complexity index is 753. The molecule has 2 aromatic rings. The van der Waals surface area contributed by atoms with E-state index in [1.54, 1.807) is 19.2 Å². The summed E-state index contributed by atoms with van der Waals surface area (Å²) in [5.41, 5.74) is 6.08. The van der Waals surface area contributed by atoms with Crippen molar-refractivity contribution in [2.75, 3.05) is 20.2 Å². The zero-order valence-electron chi connectivity index (χ0n) is 16.0. The van der Waals surface area contributed by atoms with Crippen LogP contribution in [0, 0.1) is 0 Å². The second-order valence-corrected chi connectivity index (χ2v) is 6.16. The van der Waals surface area contributed by atoms with Gasteiger partial charge in [0.2, 0.25) is 0 Å². The molecule has 0 atom stereocenters. The third-order valence-corrected chi connectivity index (χ3v) is 4.50. The van der Waals surface area contributed by atoms with Crippen molar-refractivity contribution in [1.82, 2.24) is 5.43 Å². The van der Waals surface area contributed by atoms with Gasteiger partial charge in [0.05, 0.1) is 25.9 Å². The van der Waals surface area contributed by atoms with Crippen LogP contribution in [0.4, 0.5) is 0 Å². The SMILES string of the molecule is CC[NH+](CC)Cc1cc(/C(C)=N\NC(=O)c2ccccc2)ccc1OC. The lowest BCUT2D eigenvalue weighted by Gasteiger charge is -2.18. The highest BCUT2D eigenvalue weighted by atomic mass is 16.5. The predicted octanol–water partition coefficient (Wildman–Crippen LogP) is 2.27. The van der Waals surface area contributed by atoms with Crippen LogP contribution >= 0.6 is 0 Å².